The van der Waals surface area contributed by atoms with Gasteiger partial charge in [0.05, 0.1) is 0 Å². The second kappa shape index (κ2) is 3.25. The summed E-state index contributed by atoms with van der Waals surface area (Å²) in [6.07, 6.45) is 5.25. The average Bonchev–Trinajstić information content (AvgIpc) is 2.63. The predicted molar refractivity (Wildman–Crippen MR) is 55.6 cm³/mol. The molecule has 0 bridgehead atoms. The van der Waals surface area contributed by atoms with Crippen LogP contribution in [0.3, 0.4) is 0 Å². The van der Waals surface area contributed by atoms with Gasteiger partial charge in [0.1, 0.15) is 0 Å². The topological polar surface area (TPSA) is 29.3 Å². The van der Waals surface area contributed by atoms with Crippen LogP contribution in [0, 0.1) is 5.92 Å². The third-order valence-corrected chi connectivity index (χ3v) is 3.59. The van der Waals surface area contributed by atoms with Gasteiger partial charge < -0.3 is 5.73 Å². The Morgan fingerprint density at radius 1 is 1.46 bits per heavy atom. The molecule has 0 amide bonds. The predicted octanol–water partition coefficient (Wildman–Crippen LogP) is 1.60. The van der Waals surface area contributed by atoms with E-state index in [1.165, 1.54) is 32.2 Å². The molecule has 76 valence electrons. The van der Waals surface area contributed by atoms with E-state index in [-0.39, 0.29) is 5.54 Å². The first-order chi connectivity index (χ1) is 6.11. The number of nitrogens with zero attached hydrogens (tertiary/aromatic N) is 1. The summed E-state index contributed by atoms with van der Waals surface area (Å²) in [5, 5.41) is 0. The van der Waals surface area contributed by atoms with Crippen LogP contribution in [0.4, 0.5) is 0 Å². The van der Waals surface area contributed by atoms with Gasteiger partial charge in [0.15, 0.2) is 0 Å². The molecule has 2 heteroatoms. The van der Waals surface area contributed by atoms with Crippen LogP contribution < -0.4 is 5.73 Å². The fraction of sp³-hybridized carbons (Fsp3) is 1.00. The van der Waals surface area contributed by atoms with Crippen LogP contribution in [0.1, 0.15) is 39.5 Å². The lowest BCUT2D eigenvalue weighted by atomic mass is 10.0. The zero-order chi connectivity index (χ0) is 9.47. The molecule has 2 nitrogen and oxygen atoms in total. The highest BCUT2D eigenvalue weighted by Crippen LogP contribution is 2.36. The van der Waals surface area contributed by atoms with Gasteiger partial charge in [-0.15, -0.1) is 0 Å². The van der Waals surface area contributed by atoms with Gasteiger partial charge in [-0.1, -0.05) is 13.8 Å². The minimum absolute atomic E-state index is 0.206. The van der Waals surface area contributed by atoms with Crippen LogP contribution in [0.5, 0.6) is 0 Å². The van der Waals surface area contributed by atoms with E-state index in [9.17, 15) is 0 Å². The van der Waals surface area contributed by atoms with Crippen molar-refractivity contribution in [2.45, 2.75) is 51.1 Å². The first-order valence-electron chi connectivity index (χ1n) is 5.64. The average molecular weight is 182 g/mol. The van der Waals surface area contributed by atoms with Crippen LogP contribution in [-0.2, 0) is 0 Å². The maximum absolute atomic E-state index is 6.15. The Bertz CT molecular complexity index is 185. The van der Waals surface area contributed by atoms with Crippen molar-refractivity contribution in [3.63, 3.8) is 0 Å². The van der Waals surface area contributed by atoms with Gasteiger partial charge >= 0.3 is 0 Å². The number of rotatable bonds is 3. The number of hydrogen-bond acceptors (Lipinski definition) is 2. The molecule has 1 saturated carbocycles. The van der Waals surface area contributed by atoms with E-state index in [0.29, 0.717) is 0 Å². The van der Waals surface area contributed by atoms with Gasteiger partial charge in [-0.3, -0.25) is 4.90 Å². The van der Waals surface area contributed by atoms with E-state index in [1.54, 1.807) is 0 Å². The van der Waals surface area contributed by atoms with E-state index >= 15 is 0 Å². The second-order valence-corrected chi connectivity index (χ2v) is 5.29. The molecule has 2 N–H and O–H groups in total. The monoisotopic (exact) mass is 182 g/mol. The summed E-state index contributed by atoms with van der Waals surface area (Å²) < 4.78 is 0. The molecule has 1 aliphatic heterocycles. The first kappa shape index (κ1) is 9.47. The molecular formula is C11H22N2. The van der Waals surface area contributed by atoms with E-state index in [4.69, 9.17) is 5.73 Å². The summed E-state index contributed by atoms with van der Waals surface area (Å²) in [5.74, 6) is 0.796. The lowest BCUT2D eigenvalue weighted by Crippen LogP contribution is -2.43. The lowest BCUT2D eigenvalue weighted by Gasteiger charge is -2.29. The number of nitrogens with two attached hydrogens (primary N) is 1. The number of likely N-dealkylation sites (tertiary alicyclic amines) is 1. The Kier molecular flexibility index (Phi) is 2.37. The summed E-state index contributed by atoms with van der Waals surface area (Å²) in [7, 11) is 0. The Hall–Kier alpha value is -0.0800. The molecule has 0 aromatic heterocycles. The van der Waals surface area contributed by atoms with E-state index in [1.807, 2.05) is 0 Å². The van der Waals surface area contributed by atoms with Crippen LogP contribution in [-0.4, -0.2) is 29.6 Å². The summed E-state index contributed by atoms with van der Waals surface area (Å²) in [6, 6.07) is 0.807. The smallest absolute Gasteiger partial charge is 0.0284 e. The van der Waals surface area contributed by atoms with Gasteiger partial charge in [0.25, 0.3) is 0 Å². The minimum Gasteiger partial charge on any atom is -0.324 e. The van der Waals surface area contributed by atoms with Crippen molar-refractivity contribution in [1.29, 1.82) is 0 Å². The maximum atomic E-state index is 6.15. The standard InChI is InChI=1S/C11H22N2/c1-9(2)10-4-3-7-13(10)8-11(12)5-6-11/h9-10H,3-8,12H2,1-2H3. The molecule has 1 atom stereocenters. The van der Waals surface area contributed by atoms with E-state index in [2.05, 4.69) is 18.7 Å². The molecule has 0 aromatic carbocycles. The summed E-state index contributed by atoms with van der Waals surface area (Å²) >= 11 is 0. The lowest BCUT2D eigenvalue weighted by molar-refractivity contribution is 0.190. The van der Waals surface area contributed by atoms with Crippen molar-refractivity contribution in [2.75, 3.05) is 13.1 Å². The van der Waals surface area contributed by atoms with Crippen molar-refractivity contribution in [1.82, 2.24) is 4.90 Å². The minimum atomic E-state index is 0.206. The van der Waals surface area contributed by atoms with Crippen LogP contribution in [0.2, 0.25) is 0 Å². The Morgan fingerprint density at radius 2 is 2.15 bits per heavy atom. The highest BCUT2D eigenvalue weighted by Gasteiger charge is 2.42. The molecule has 2 rings (SSSR count). The molecule has 2 fully saturated rings. The van der Waals surface area contributed by atoms with E-state index in [0.717, 1.165) is 18.5 Å². The molecule has 0 aromatic rings. The fourth-order valence-electron chi connectivity index (χ4n) is 2.53. The van der Waals surface area contributed by atoms with Crippen molar-refractivity contribution in [2.24, 2.45) is 11.7 Å². The molecule has 13 heavy (non-hydrogen) atoms. The summed E-state index contributed by atoms with van der Waals surface area (Å²) in [5.41, 5.74) is 6.35. The van der Waals surface area contributed by atoms with Crippen LogP contribution >= 0.6 is 0 Å². The third kappa shape index (κ3) is 2.05. The summed E-state index contributed by atoms with van der Waals surface area (Å²) in [6.45, 7) is 7.09. The van der Waals surface area contributed by atoms with Crippen LogP contribution in [0.25, 0.3) is 0 Å². The van der Waals surface area contributed by atoms with Gasteiger partial charge in [-0.25, -0.2) is 0 Å². The molecule has 1 unspecified atom stereocenters. The van der Waals surface area contributed by atoms with Crippen molar-refractivity contribution in [3.8, 4) is 0 Å². The normalized spacial score (nSPS) is 32.8. The van der Waals surface area contributed by atoms with Gasteiger partial charge in [-0.2, -0.15) is 0 Å². The largest absolute Gasteiger partial charge is 0.324 e. The Balaban J connectivity index is 1.90. The maximum Gasteiger partial charge on any atom is 0.0284 e. The number of hydrogen-bond donors (Lipinski definition) is 1. The van der Waals surface area contributed by atoms with Crippen LogP contribution in [0.15, 0.2) is 0 Å². The summed E-state index contributed by atoms with van der Waals surface area (Å²) in [4.78, 5) is 2.62. The molecule has 0 spiro atoms. The van der Waals surface area contributed by atoms with Crippen molar-refractivity contribution < 1.29 is 0 Å². The Labute approximate surface area is 81.5 Å². The second-order valence-electron chi connectivity index (χ2n) is 5.29. The van der Waals surface area contributed by atoms with Crippen molar-refractivity contribution >= 4 is 0 Å². The van der Waals surface area contributed by atoms with E-state index < -0.39 is 0 Å². The van der Waals surface area contributed by atoms with Gasteiger partial charge in [-0.05, 0) is 38.1 Å². The molecule has 2 aliphatic rings. The van der Waals surface area contributed by atoms with Gasteiger partial charge in [0.2, 0.25) is 0 Å². The zero-order valence-corrected chi connectivity index (χ0v) is 8.92. The third-order valence-electron chi connectivity index (χ3n) is 3.59. The van der Waals surface area contributed by atoms with Gasteiger partial charge in [0, 0.05) is 18.1 Å². The molecule has 1 aliphatic carbocycles. The molecule has 0 radical (unpaired) electrons. The first-order valence-corrected chi connectivity index (χ1v) is 5.64. The highest BCUT2D eigenvalue weighted by molar-refractivity contribution is 5.02. The van der Waals surface area contributed by atoms with Crippen molar-refractivity contribution in [3.05, 3.63) is 0 Å². The molecular weight excluding hydrogens is 160 g/mol. The quantitative estimate of drug-likeness (QED) is 0.718. The fourth-order valence-corrected chi connectivity index (χ4v) is 2.53. The zero-order valence-electron chi connectivity index (χ0n) is 8.92. The molecule has 1 saturated heterocycles. The Morgan fingerprint density at radius 3 is 2.69 bits per heavy atom. The highest BCUT2D eigenvalue weighted by atomic mass is 15.2. The SMILES string of the molecule is CC(C)C1CCCN1CC1(N)CC1. The molecule has 1 heterocycles.